The molecule has 0 N–H and O–H groups in total. The zero-order valence-electron chi connectivity index (χ0n) is 9.37. The number of benzene rings is 1. The Bertz CT molecular complexity index is 368. The van der Waals surface area contributed by atoms with Gasteiger partial charge in [0.2, 0.25) is 0 Å². The summed E-state index contributed by atoms with van der Waals surface area (Å²) in [4.78, 5) is 0. The number of hydrogen-bond donors (Lipinski definition) is 0. The minimum absolute atomic E-state index is 1.09. The van der Waals surface area contributed by atoms with E-state index >= 15 is 0 Å². The molecule has 15 heavy (non-hydrogen) atoms. The molecule has 0 unspecified atom stereocenters. The average molecular weight is 198 g/mol. The molecule has 0 heterocycles. The summed E-state index contributed by atoms with van der Waals surface area (Å²) in [6.07, 6.45) is 9.55. The highest BCUT2D eigenvalue weighted by atomic mass is 14.1. The maximum absolute atomic E-state index is 2.39. The Morgan fingerprint density at radius 3 is 2.67 bits per heavy atom. The maximum Gasteiger partial charge on any atom is -0.00288 e. The van der Waals surface area contributed by atoms with Gasteiger partial charge in [-0.3, -0.25) is 0 Å². The van der Waals surface area contributed by atoms with Crippen molar-refractivity contribution in [3.8, 4) is 0 Å². The molecular weight excluding hydrogens is 180 g/mol. The van der Waals surface area contributed by atoms with Gasteiger partial charge < -0.3 is 0 Å². The SMILES string of the molecule is CCCC1=CC(Cc2ccccc2)=CC1. The molecule has 0 fully saturated rings. The van der Waals surface area contributed by atoms with E-state index in [1.807, 2.05) is 0 Å². The molecule has 0 bridgehead atoms. The van der Waals surface area contributed by atoms with Crippen LogP contribution >= 0.6 is 0 Å². The van der Waals surface area contributed by atoms with Crippen LogP contribution in [0.25, 0.3) is 0 Å². The van der Waals surface area contributed by atoms with E-state index < -0.39 is 0 Å². The molecule has 0 aliphatic heterocycles. The Labute approximate surface area is 92.3 Å². The fourth-order valence-electron chi connectivity index (χ4n) is 2.09. The third-order valence-corrected chi connectivity index (χ3v) is 2.84. The van der Waals surface area contributed by atoms with Crippen molar-refractivity contribution in [1.29, 1.82) is 0 Å². The molecule has 1 aliphatic carbocycles. The lowest BCUT2D eigenvalue weighted by Gasteiger charge is -1.99. The van der Waals surface area contributed by atoms with Crippen molar-refractivity contribution in [3.63, 3.8) is 0 Å². The molecule has 1 aliphatic rings. The minimum atomic E-state index is 1.09. The summed E-state index contributed by atoms with van der Waals surface area (Å²) < 4.78 is 0. The molecule has 0 saturated heterocycles. The second-order valence-electron chi connectivity index (χ2n) is 4.20. The summed E-state index contributed by atoms with van der Waals surface area (Å²) in [5.74, 6) is 0. The number of hydrogen-bond acceptors (Lipinski definition) is 0. The van der Waals surface area contributed by atoms with E-state index in [0.717, 1.165) is 6.42 Å². The van der Waals surface area contributed by atoms with Gasteiger partial charge in [-0.15, -0.1) is 0 Å². The van der Waals surface area contributed by atoms with Gasteiger partial charge in [0.05, 0.1) is 0 Å². The number of allylic oxidation sites excluding steroid dienone is 4. The van der Waals surface area contributed by atoms with Crippen LogP contribution in [-0.2, 0) is 6.42 Å². The van der Waals surface area contributed by atoms with Crippen molar-refractivity contribution in [2.24, 2.45) is 0 Å². The first-order valence-electron chi connectivity index (χ1n) is 5.81. The summed E-state index contributed by atoms with van der Waals surface area (Å²) in [7, 11) is 0. The smallest absolute Gasteiger partial charge is 0.00288 e. The summed E-state index contributed by atoms with van der Waals surface area (Å²) in [6.45, 7) is 2.25. The molecule has 0 saturated carbocycles. The molecule has 0 spiro atoms. The second-order valence-corrected chi connectivity index (χ2v) is 4.20. The van der Waals surface area contributed by atoms with Crippen LogP contribution in [0.4, 0.5) is 0 Å². The average Bonchev–Trinajstić information content (AvgIpc) is 2.68. The van der Waals surface area contributed by atoms with Crippen molar-refractivity contribution in [2.45, 2.75) is 32.6 Å². The molecule has 2 rings (SSSR count). The van der Waals surface area contributed by atoms with Gasteiger partial charge in [0, 0.05) is 0 Å². The lowest BCUT2D eigenvalue weighted by molar-refractivity contribution is 0.887. The highest BCUT2D eigenvalue weighted by Gasteiger charge is 2.06. The highest BCUT2D eigenvalue weighted by Crippen LogP contribution is 2.23. The second kappa shape index (κ2) is 4.97. The zero-order valence-corrected chi connectivity index (χ0v) is 9.37. The summed E-state index contributed by atoms with van der Waals surface area (Å²) in [6, 6.07) is 10.7. The van der Waals surface area contributed by atoms with E-state index in [9.17, 15) is 0 Å². The Morgan fingerprint density at radius 2 is 1.93 bits per heavy atom. The van der Waals surface area contributed by atoms with Crippen LogP contribution in [0.3, 0.4) is 0 Å². The predicted octanol–water partition coefficient (Wildman–Crippen LogP) is 4.29. The van der Waals surface area contributed by atoms with Crippen molar-refractivity contribution >= 4 is 0 Å². The molecule has 0 aromatic heterocycles. The van der Waals surface area contributed by atoms with Crippen molar-refractivity contribution in [3.05, 3.63) is 59.2 Å². The van der Waals surface area contributed by atoms with Gasteiger partial charge in [0.1, 0.15) is 0 Å². The lowest BCUT2D eigenvalue weighted by Crippen LogP contribution is -1.85. The topological polar surface area (TPSA) is 0 Å². The third-order valence-electron chi connectivity index (χ3n) is 2.84. The van der Waals surface area contributed by atoms with Crippen LogP contribution in [0, 0.1) is 0 Å². The van der Waals surface area contributed by atoms with E-state index in [-0.39, 0.29) is 0 Å². The van der Waals surface area contributed by atoms with E-state index in [2.05, 4.69) is 49.4 Å². The molecule has 0 nitrogen and oxygen atoms in total. The van der Waals surface area contributed by atoms with Gasteiger partial charge >= 0.3 is 0 Å². The van der Waals surface area contributed by atoms with Gasteiger partial charge in [-0.1, -0.05) is 61.4 Å². The van der Waals surface area contributed by atoms with Gasteiger partial charge in [0.15, 0.2) is 0 Å². The van der Waals surface area contributed by atoms with Gasteiger partial charge in [0.25, 0.3) is 0 Å². The monoisotopic (exact) mass is 198 g/mol. The fourth-order valence-corrected chi connectivity index (χ4v) is 2.09. The Kier molecular flexibility index (Phi) is 3.39. The standard InChI is InChI=1S/C15H18/c1-2-6-13-9-10-15(11-13)12-14-7-4-3-5-8-14/h3-5,7-8,10-11H,2,6,9,12H2,1H3. The van der Waals surface area contributed by atoms with Crippen LogP contribution in [0.5, 0.6) is 0 Å². The van der Waals surface area contributed by atoms with E-state index in [0.29, 0.717) is 0 Å². The molecule has 0 heteroatoms. The van der Waals surface area contributed by atoms with Crippen molar-refractivity contribution in [2.75, 3.05) is 0 Å². The normalized spacial score (nSPS) is 15.0. The van der Waals surface area contributed by atoms with E-state index in [4.69, 9.17) is 0 Å². The third kappa shape index (κ3) is 2.82. The Balaban J connectivity index is 1.97. The number of rotatable bonds is 4. The molecular formula is C15H18. The first-order valence-corrected chi connectivity index (χ1v) is 5.81. The minimum Gasteiger partial charge on any atom is -0.0769 e. The summed E-state index contributed by atoms with van der Waals surface area (Å²) in [5, 5.41) is 0. The maximum atomic E-state index is 2.39. The van der Waals surface area contributed by atoms with Crippen molar-refractivity contribution in [1.82, 2.24) is 0 Å². The summed E-state index contributed by atoms with van der Waals surface area (Å²) >= 11 is 0. The lowest BCUT2D eigenvalue weighted by atomic mass is 10.1. The van der Waals surface area contributed by atoms with Crippen LogP contribution in [-0.4, -0.2) is 0 Å². The largest absolute Gasteiger partial charge is 0.0769 e. The molecule has 1 aromatic rings. The van der Waals surface area contributed by atoms with Gasteiger partial charge in [-0.25, -0.2) is 0 Å². The first kappa shape index (κ1) is 10.2. The highest BCUT2D eigenvalue weighted by molar-refractivity contribution is 5.36. The predicted molar refractivity (Wildman–Crippen MR) is 65.8 cm³/mol. The Morgan fingerprint density at radius 1 is 1.13 bits per heavy atom. The fraction of sp³-hybridized carbons (Fsp3) is 0.333. The molecule has 1 aromatic carbocycles. The quantitative estimate of drug-likeness (QED) is 0.677. The van der Waals surface area contributed by atoms with Gasteiger partial charge in [-0.05, 0) is 30.4 Å². The van der Waals surface area contributed by atoms with E-state index in [1.54, 1.807) is 5.57 Å². The molecule has 0 radical (unpaired) electrons. The molecule has 0 atom stereocenters. The molecule has 0 amide bonds. The van der Waals surface area contributed by atoms with Gasteiger partial charge in [-0.2, -0.15) is 0 Å². The first-order chi connectivity index (χ1) is 7.38. The Hall–Kier alpha value is -1.30. The summed E-state index contributed by atoms with van der Waals surface area (Å²) in [5.41, 5.74) is 4.51. The van der Waals surface area contributed by atoms with Crippen molar-refractivity contribution < 1.29 is 0 Å². The van der Waals surface area contributed by atoms with Crippen LogP contribution in [0.1, 0.15) is 31.7 Å². The van der Waals surface area contributed by atoms with Crippen LogP contribution in [0.2, 0.25) is 0 Å². The molecule has 78 valence electrons. The van der Waals surface area contributed by atoms with Crippen LogP contribution in [0.15, 0.2) is 53.6 Å². The van der Waals surface area contributed by atoms with E-state index in [1.165, 1.54) is 30.4 Å². The van der Waals surface area contributed by atoms with Crippen LogP contribution < -0.4 is 0 Å². The zero-order chi connectivity index (χ0) is 10.5.